The fourth-order valence-corrected chi connectivity index (χ4v) is 1.90. The van der Waals surface area contributed by atoms with Crippen LogP contribution in [0, 0.1) is 0 Å². The van der Waals surface area contributed by atoms with Crippen LogP contribution in [0.4, 0.5) is 5.69 Å². The summed E-state index contributed by atoms with van der Waals surface area (Å²) in [7, 11) is 0. The maximum absolute atomic E-state index is 12.3. The van der Waals surface area contributed by atoms with Crippen LogP contribution < -0.4 is 5.73 Å². The van der Waals surface area contributed by atoms with Crippen LogP contribution in [-0.4, -0.2) is 23.4 Å². The van der Waals surface area contributed by atoms with Crippen LogP contribution in [0.1, 0.15) is 37.6 Å². The van der Waals surface area contributed by atoms with E-state index in [-0.39, 0.29) is 11.9 Å². The largest absolute Gasteiger partial charge is 0.398 e. The normalized spacial score (nSPS) is 10.6. The molecule has 0 radical (unpaired) electrons. The number of rotatable bonds is 4. The van der Waals surface area contributed by atoms with Crippen molar-refractivity contribution in [1.29, 1.82) is 0 Å². The average molecular weight is 255 g/mol. The average Bonchev–Trinajstić information content (AvgIpc) is 2.24. The Hall–Kier alpha value is -1.22. The first-order valence-corrected chi connectivity index (χ1v) is 6.21. The Morgan fingerprint density at radius 3 is 2.59 bits per heavy atom. The number of nitrogens with two attached hydrogens (primary N) is 1. The highest BCUT2D eigenvalue weighted by atomic mass is 35.5. The molecule has 0 bridgehead atoms. The molecule has 94 valence electrons. The lowest BCUT2D eigenvalue weighted by Gasteiger charge is -2.26. The topological polar surface area (TPSA) is 46.3 Å². The lowest BCUT2D eigenvalue weighted by atomic mass is 10.1. The second kappa shape index (κ2) is 5.92. The predicted molar refractivity (Wildman–Crippen MR) is 72.3 cm³/mol. The van der Waals surface area contributed by atoms with Gasteiger partial charge in [0.05, 0.1) is 5.56 Å². The molecule has 1 rings (SSSR count). The summed E-state index contributed by atoms with van der Waals surface area (Å²) in [5.74, 6) is -0.0315. The van der Waals surface area contributed by atoms with E-state index in [1.807, 2.05) is 25.7 Å². The summed E-state index contributed by atoms with van der Waals surface area (Å²) >= 11 is 5.82. The fourth-order valence-electron chi connectivity index (χ4n) is 1.72. The second-order valence-corrected chi connectivity index (χ2v) is 4.76. The molecular formula is C13H19ClN2O. The van der Waals surface area contributed by atoms with E-state index >= 15 is 0 Å². The van der Waals surface area contributed by atoms with E-state index in [9.17, 15) is 4.79 Å². The zero-order valence-electron chi connectivity index (χ0n) is 10.5. The van der Waals surface area contributed by atoms with Crippen molar-refractivity contribution in [2.24, 2.45) is 0 Å². The molecule has 0 saturated heterocycles. The number of nitrogens with zero attached hydrogens (tertiary/aromatic N) is 1. The number of anilines is 1. The van der Waals surface area contributed by atoms with Crippen molar-refractivity contribution < 1.29 is 4.79 Å². The fraction of sp³-hybridized carbons (Fsp3) is 0.462. The molecule has 1 amide bonds. The predicted octanol–water partition coefficient (Wildman–Crippen LogP) is 3.18. The molecule has 1 aromatic rings. The van der Waals surface area contributed by atoms with Crippen molar-refractivity contribution in [3.05, 3.63) is 28.8 Å². The zero-order chi connectivity index (χ0) is 13.0. The van der Waals surface area contributed by atoms with E-state index in [2.05, 4.69) is 0 Å². The lowest BCUT2D eigenvalue weighted by molar-refractivity contribution is 0.0707. The maximum atomic E-state index is 12.3. The smallest absolute Gasteiger partial charge is 0.256 e. The number of carbonyl (C=O) groups is 1. The van der Waals surface area contributed by atoms with Gasteiger partial charge in [-0.3, -0.25) is 4.79 Å². The zero-order valence-corrected chi connectivity index (χ0v) is 11.3. The number of halogens is 1. The van der Waals surface area contributed by atoms with Crippen LogP contribution in [0.25, 0.3) is 0 Å². The number of nitrogen functional groups attached to an aromatic ring is 1. The van der Waals surface area contributed by atoms with Crippen molar-refractivity contribution >= 4 is 23.2 Å². The number of benzene rings is 1. The number of hydrogen-bond acceptors (Lipinski definition) is 2. The molecule has 2 N–H and O–H groups in total. The van der Waals surface area contributed by atoms with Crippen LogP contribution >= 0.6 is 11.6 Å². The molecule has 0 aliphatic carbocycles. The third-order valence-corrected chi connectivity index (χ3v) is 2.83. The van der Waals surface area contributed by atoms with E-state index in [4.69, 9.17) is 17.3 Å². The standard InChI is InChI=1S/C13H19ClN2O/c1-4-7-16(9(2)3)13(17)11-6-5-10(14)8-12(11)15/h5-6,8-9H,4,7,15H2,1-3H3. The molecule has 0 atom stereocenters. The van der Waals surface area contributed by atoms with E-state index in [1.54, 1.807) is 18.2 Å². The molecule has 0 saturated carbocycles. The molecule has 0 aliphatic heterocycles. The van der Waals surface area contributed by atoms with Gasteiger partial charge < -0.3 is 10.6 Å². The summed E-state index contributed by atoms with van der Waals surface area (Å²) in [6.45, 7) is 6.78. The number of carbonyl (C=O) groups excluding carboxylic acids is 1. The summed E-state index contributed by atoms with van der Waals surface area (Å²) in [5, 5.41) is 0.547. The van der Waals surface area contributed by atoms with Crippen molar-refractivity contribution in [1.82, 2.24) is 4.90 Å². The summed E-state index contributed by atoms with van der Waals surface area (Å²) in [5.41, 5.74) is 6.78. The Bertz CT molecular complexity index is 404. The third kappa shape index (κ3) is 3.37. The Morgan fingerprint density at radius 1 is 1.47 bits per heavy atom. The first-order valence-electron chi connectivity index (χ1n) is 5.83. The molecule has 4 heteroatoms. The summed E-state index contributed by atoms with van der Waals surface area (Å²) in [6, 6.07) is 5.15. The van der Waals surface area contributed by atoms with Gasteiger partial charge in [0.2, 0.25) is 0 Å². The van der Waals surface area contributed by atoms with E-state index in [1.165, 1.54) is 0 Å². The van der Waals surface area contributed by atoms with E-state index < -0.39 is 0 Å². The number of hydrogen-bond donors (Lipinski definition) is 1. The summed E-state index contributed by atoms with van der Waals surface area (Å²) in [6.07, 6.45) is 0.928. The molecule has 3 nitrogen and oxygen atoms in total. The van der Waals surface area contributed by atoms with E-state index in [0.717, 1.165) is 13.0 Å². The molecule has 0 fully saturated rings. The molecule has 0 unspecified atom stereocenters. The highest BCUT2D eigenvalue weighted by molar-refractivity contribution is 6.31. The Kier molecular flexibility index (Phi) is 4.82. The van der Waals surface area contributed by atoms with Crippen LogP contribution in [-0.2, 0) is 0 Å². The Labute approximate surface area is 108 Å². The van der Waals surface area contributed by atoms with Crippen molar-refractivity contribution in [3.8, 4) is 0 Å². The van der Waals surface area contributed by atoms with Crippen molar-refractivity contribution in [2.75, 3.05) is 12.3 Å². The van der Waals surface area contributed by atoms with Crippen LogP contribution in [0.2, 0.25) is 5.02 Å². The highest BCUT2D eigenvalue weighted by Crippen LogP contribution is 2.20. The first kappa shape index (κ1) is 13.8. The molecule has 0 aliphatic rings. The Morgan fingerprint density at radius 2 is 2.12 bits per heavy atom. The van der Waals surface area contributed by atoms with E-state index in [0.29, 0.717) is 16.3 Å². The molecular weight excluding hydrogens is 236 g/mol. The van der Waals surface area contributed by atoms with Gasteiger partial charge in [-0.2, -0.15) is 0 Å². The lowest BCUT2D eigenvalue weighted by Crippen LogP contribution is -2.37. The van der Waals surface area contributed by atoms with Gasteiger partial charge in [0.15, 0.2) is 0 Å². The highest BCUT2D eigenvalue weighted by Gasteiger charge is 2.19. The van der Waals surface area contributed by atoms with Gasteiger partial charge in [0.25, 0.3) is 5.91 Å². The third-order valence-electron chi connectivity index (χ3n) is 2.59. The molecule has 0 aromatic heterocycles. The molecule has 0 spiro atoms. The van der Waals surface area contributed by atoms with Gasteiger partial charge in [-0.1, -0.05) is 18.5 Å². The van der Waals surface area contributed by atoms with Crippen LogP contribution in [0.15, 0.2) is 18.2 Å². The van der Waals surface area contributed by atoms with Gasteiger partial charge in [-0.15, -0.1) is 0 Å². The number of amides is 1. The van der Waals surface area contributed by atoms with Gasteiger partial charge in [-0.05, 0) is 38.5 Å². The quantitative estimate of drug-likeness (QED) is 0.839. The molecule has 0 heterocycles. The SMILES string of the molecule is CCCN(C(=O)c1ccc(Cl)cc1N)C(C)C. The second-order valence-electron chi connectivity index (χ2n) is 4.32. The Balaban J connectivity index is 3.01. The van der Waals surface area contributed by atoms with Gasteiger partial charge >= 0.3 is 0 Å². The summed E-state index contributed by atoms with van der Waals surface area (Å²) in [4.78, 5) is 14.1. The van der Waals surface area contributed by atoms with Crippen LogP contribution in [0.3, 0.4) is 0 Å². The van der Waals surface area contributed by atoms with Gasteiger partial charge in [0, 0.05) is 23.3 Å². The van der Waals surface area contributed by atoms with Crippen LogP contribution in [0.5, 0.6) is 0 Å². The minimum Gasteiger partial charge on any atom is -0.398 e. The minimum absolute atomic E-state index is 0.0315. The van der Waals surface area contributed by atoms with Crippen molar-refractivity contribution in [2.45, 2.75) is 33.2 Å². The maximum Gasteiger partial charge on any atom is 0.256 e. The molecule has 17 heavy (non-hydrogen) atoms. The molecule has 1 aromatic carbocycles. The minimum atomic E-state index is -0.0315. The van der Waals surface area contributed by atoms with Gasteiger partial charge in [0.1, 0.15) is 0 Å². The van der Waals surface area contributed by atoms with Gasteiger partial charge in [-0.25, -0.2) is 0 Å². The monoisotopic (exact) mass is 254 g/mol. The van der Waals surface area contributed by atoms with Crippen molar-refractivity contribution in [3.63, 3.8) is 0 Å². The first-order chi connectivity index (χ1) is 7.97. The summed E-state index contributed by atoms with van der Waals surface area (Å²) < 4.78 is 0.